The molecular formula is C31H24ClNO5. The van der Waals surface area contributed by atoms with Crippen LogP contribution in [-0.4, -0.2) is 48.5 Å². The zero-order chi connectivity index (χ0) is 26.6. The number of fused-ring (bicyclic) bond motifs is 1. The van der Waals surface area contributed by atoms with E-state index < -0.39 is 17.4 Å². The smallest absolute Gasteiger partial charge is 0.192 e. The zero-order valence-electron chi connectivity index (χ0n) is 20.8. The first-order chi connectivity index (χ1) is 18.4. The number of nitrogens with zero attached hydrogens (tertiary/aromatic N) is 1. The zero-order valence-corrected chi connectivity index (χ0v) is 21.6. The number of hydrogen-bond acceptors (Lipinski definition) is 6. The number of ether oxygens (including phenoxy) is 1. The van der Waals surface area contributed by atoms with Gasteiger partial charge in [-0.1, -0.05) is 35.9 Å². The molecule has 0 amide bonds. The van der Waals surface area contributed by atoms with Crippen LogP contribution in [0.15, 0.2) is 89.3 Å². The van der Waals surface area contributed by atoms with Crippen LogP contribution in [0, 0.1) is 5.92 Å². The summed E-state index contributed by atoms with van der Waals surface area (Å²) in [5.74, 6) is -0.740. The summed E-state index contributed by atoms with van der Waals surface area (Å²) in [5, 5.41) is 0.614. The number of ketones is 3. The number of likely N-dealkylation sites (N-methyl/N-ethyl adjacent to an activating group) is 1. The summed E-state index contributed by atoms with van der Waals surface area (Å²) in [6.45, 7) is 0.297. The number of carbonyl (C=O) groups excluding carboxylic acids is 3. The van der Waals surface area contributed by atoms with Crippen LogP contribution in [0.25, 0.3) is 11.3 Å². The molecule has 190 valence electrons. The highest BCUT2D eigenvalue weighted by Gasteiger charge is 2.68. The van der Waals surface area contributed by atoms with Crippen LogP contribution < -0.4 is 4.74 Å². The topological polar surface area (TPSA) is 76.8 Å². The van der Waals surface area contributed by atoms with E-state index in [4.69, 9.17) is 20.8 Å². The number of Topliss-reactive ketones (excluding diaryl/α,β-unsaturated/α-hetero) is 3. The van der Waals surface area contributed by atoms with E-state index >= 15 is 0 Å². The first-order valence-corrected chi connectivity index (χ1v) is 12.7. The predicted octanol–water partition coefficient (Wildman–Crippen LogP) is 5.95. The third-order valence-corrected chi connectivity index (χ3v) is 8.06. The Morgan fingerprint density at radius 2 is 1.55 bits per heavy atom. The summed E-state index contributed by atoms with van der Waals surface area (Å²) in [7, 11) is 3.29. The second-order valence-corrected chi connectivity index (χ2v) is 10.2. The molecule has 2 aliphatic rings. The highest BCUT2D eigenvalue weighted by Crippen LogP contribution is 2.52. The molecule has 1 aliphatic heterocycles. The molecule has 0 saturated carbocycles. The van der Waals surface area contributed by atoms with E-state index in [9.17, 15) is 14.4 Å². The van der Waals surface area contributed by atoms with Gasteiger partial charge >= 0.3 is 0 Å². The number of halogens is 1. The highest BCUT2D eigenvalue weighted by molar-refractivity contribution is 6.35. The SMILES string of the molecule is COc1ccc(C(=O)[C@@H]2[C@@H](c3ccc(-c4ccc(Cl)cc4)o3)CN(C)C23C(=O)c2ccccc2C3=O)cc1. The summed E-state index contributed by atoms with van der Waals surface area (Å²) in [6.07, 6.45) is 0. The Hall–Kier alpha value is -4.00. The monoisotopic (exact) mass is 525 g/mol. The van der Waals surface area contributed by atoms with Crippen LogP contribution in [0.4, 0.5) is 0 Å². The molecule has 0 N–H and O–H groups in total. The molecule has 3 aromatic carbocycles. The average Bonchev–Trinajstić information content (AvgIpc) is 3.61. The number of rotatable bonds is 5. The lowest BCUT2D eigenvalue weighted by Gasteiger charge is -2.33. The minimum absolute atomic E-state index is 0.291. The largest absolute Gasteiger partial charge is 0.497 e. The molecule has 2 atom stereocenters. The molecule has 0 radical (unpaired) electrons. The van der Waals surface area contributed by atoms with E-state index in [1.165, 1.54) is 0 Å². The quantitative estimate of drug-likeness (QED) is 0.236. The number of methoxy groups -OCH3 is 1. The Balaban J connectivity index is 1.48. The van der Waals surface area contributed by atoms with Gasteiger partial charge in [0.2, 0.25) is 0 Å². The number of likely N-dealkylation sites (tertiary alicyclic amines) is 1. The summed E-state index contributed by atoms with van der Waals surface area (Å²) < 4.78 is 11.5. The Morgan fingerprint density at radius 3 is 2.16 bits per heavy atom. The second-order valence-electron chi connectivity index (χ2n) is 9.74. The van der Waals surface area contributed by atoms with Crippen LogP contribution in [-0.2, 0) is 0 Å². The van der Waals surface area contributed by atoms with Gasteiger partial charge < -0.3 is 9.15 Å². The van der Waals surface area contributed by atoms with Crippen molar-refractivity contribution in [1.29, 1.82) is 0 Å². The van der Waals surface area contributed by atoms with E-state index in [2.05, 4.69) is 0 Å². The third-order valence-electron chi connectivity index (χ3n) is 7.81. The summed E-state index contributed by atoms with van der Waals surface area (Å²) >= 11 is 6.04. The molecule has 4 aromatic rings. The molecule has 1 aromatic heterocycles. The normalized spacial score (nSPS) is 20.2. The second kappa shape index (κ2) is 9.08. The molecule has 1 spiro atoms. The fourth-order valence-electron chi connectivity index (χ4n) is 5.98. The van der Waals surface area contributed by atoms with Gasteiger partial charge in [0.25, 0.3) is 0 Å². The summed E-state index contributed by atoms with van der Waals surface area (Å²) in [4.78, 5) is 44.1. The average molecular weight is 526 g/mol. The van der Waals surface area contributed by atoms with E-state index in [-0.39, 0.29) is 17.3 Å². The number of benzene rings is 3. The Kier molecular flexibility index (Phi) is 5.82. The first kappa shape index (κ1) is 24.3. The molecule has 6 nitrogen and oxygen atoms in total. The standard InChI is InChI=1S/C31H24ClNO5/c1-33-17-24(26-16-15-25(38-26)18-7-11-20(32)12-8-18)27(28(34)19-9-13-21(37-2)14-10-19)31(33)29(35)22-5-3-4-6-23(22)30(31)36/h3-16,24,27H,17H2,1-2H3/t24-,27+/m1/s1. The fraction of sp³-hybridized carbons (Fsp3) is 0.194. The molecule has 1 saturated heterocycles. The van der Waals surface area contributed by atoms with E-state index in [0.29, 0.717) is 45.5 Å². The molecule has 6 rings (SSSR count). The van der Waals surface area contributed by atoms with Crippen molar-refractivity contribution < 1.29 is 23.5 Å². The Labute approximate surface area is 224 Å². The maximum atomic E-state index is 14.3. The van der Waals surface area contributed by atoms with Gasteiger partial charge in [-0.3, -0.25) is 19.3 Å². The van der Waals surface area contributed by atoms with E-state index in [1.54, 1.807) is 79.7 Å². The van der Waals surface area contributed by atoms with Gasteiger partial charge in [-0.25, -0.2) is 0 Å². The molecule has 38 heavy (non-hydrogen) atoms. The van der Waals surface area contributed by atoms with Crippen LogP contribution in [0.3, 0.4) is 0 Å². The maximum Gasteiger partial charge on any atom is 0.192 e. The first-order valence-electron chi connectivity index (χ1n) is 12.3. The lowest BCUT2D eigenvalue weighted by atomic mass is 9.71. The fourth-order valence-corrected chi connectivity index (χ4v) is 6.10. The number of hydrogen-bond donors (Lipinski definition) is 0. The van der Waals surface area contributed by atoms with Crippen molar-refractivity contribution in [2.45, 2.75) is 11.5 Å². The van der Waals surface area contributed by atoms with Crippen molar-refractivity contribution in [3.05, 3.63) is 112 Å². The Morgan fingerprint density at radius 1 is 0.921 bits per heavy atom. The van der Waals surface area contributed by atoms with Gasteiger partial charge in [0.05, 0.1) is 13.0 Å². The third kappa shape index (κ3) is 3.48. The lowest BCUT2D eigenvalue weighted by molar-refractivity contribution is 0.0514. The van der Waals surface area contributed by atoms with Gasteiger partial charge in [0, 0.05) is 39.7 Å². The van der Waals surface area contributed by atoms with Crippen molar-refractivity contribution in [1.82, 2.24) is 4.90 Å². The van der Waals surface area contributed by atoms with Crippen LogP contribution >= 0.6 is 11.6 Å². The molecule has 0 unspecified atom stereocenters. The van der Waals surface area contributed by atoms with Crippen molar-refractivity contribution in [3.63, 3.8) is 0 Å². The molecular weight excluding hydrogens is 502 g/mol. The van der Waals surface area contributed by atoms with Crippen molar-refractivity contribution in [2.24, 2.45) is 5.92 Å². The molecule has 1 aliphatic carbocycles. The summed E-state index contributed by atoms with van der Waals surface area (Å²) in [5.41, 5.74) is 0.271. The van der Waals surface area contributed by atoms with Gasteiger partial charge in [-0.05, 0) is 67.7 Å². The molecule has 0 bridgehead atoms. The van der Waals surface area contributed by atoms with Crippen molar-refractivity contribution in [3.8, 4) is 17.1 Å². The van der Waals surface area contributed by atoms with Gasteiger partial charge in [-0.15, -0.1) is 0 Å². The van der Waals surface area contributed by atoms with E-state index in [1.807, 2.05) is 24.3 Å². The number of carbonyl (C=O) groups is 3. The van der Waals surface area contributed by atoms with Gasteiger partial charge in [0.1, 0.15) is 17.3 Å². The predicted molar refractivity (Wildman–Crippen MR) is 143 cm³/mol. The van der Waals surface area contributed by atoms with Gasteiger partial charge in [-0.2, -0.15) is 0 Å². The Bertz CT molecular complexity index is 1540. The van der Waals surface area contributed by atoms with Crippen LogP contribution in [0.1, 0.15) is 42.8 Å². The summed E-state index contributed by atoms with van der Waals surface area (Å²) in [6, 6.07) is 24.5. The minimum atomic E-state index is -1.65. The van der Waals surface area contributed by atoms with Crippen LogP contribution in [0.5, 0.6) is 5.75 Å². The van der Waals surface area contributed by atoms with E-state index in [0.717, 1.165) is 5.56 Å². The van der Waals surface area contributed by atoms with Crippen molar-refractivity contribution in [2.75, 3.05) is 20.7 Å². The minimum Gasteiger partial charge on any atom is -0.497 e. The maximum absolute atomic E-state index is 14.3. The highest BCUT2D eigenvalue weighted by atomic mass is 35.5. The van der Waals surface area contributed by atoms with Crippen molar-refractivity contribution >= 4 is 29.0 Å². The molecule has 2 heterocycles. The lowest BCUT2D eigenvalue weighted by Crippen LogP contribution is -2.57. The van der Waals surface area contributed by atoms with Crippen LogP contribution in [0.2, 0.25) is 5.02 Å². The number of furan rings is 1. The molecule has 7 heteroatoms. The molecule has 1 fully saturated rings. The van der Waals surface area contributed by atoms with Gasteiger partial charge in [0.15, 0.2) is 22.9 Å².